The standard InChI is InChI=1S/C148H150N2/c1-17-21-25-29-45-77-147(78-46-30-26-22-18-2)129-59-43-39-53-113(129)121-75-67-107(91-137(121)147)149(141-95(5)81-105(82-96(141)6)103-65-73-119-117-71-63-101(87-133(117)145(13,14)135(119)89-103)99-61-69-115-111-51-37-41-57-127(111)143(9,10)131(115)85-99)139-93-125-110-50-34-36-56-124(110)140(94-126(125)109-49-33-35-55-123(109)139)150(108-68-76-122-114-54-40-44-60-130(114)148(138(122)92-108,79-47-31-27-23-19-3)80-48-32-28-24-20-4)142-97(7)83-106(84-98(142)8)104-66-74-120-118-72-64-102(88-134(118)146(15,16)136(120)90-104)100-62-70-116-112-52-38-42-58-128(112)144(11,12)132(116)86-100/h33-44,49-76,81-94H,17-32,45-48,77-80H2,1-16H3. The molecule has 0 fully saturated rings. The Bertz CT molecular complexity index is 7830. The van der Waals surface area contributed by atoms with Crippen LogP contribution in [0.1, 0.15) is 326 Å². The first-order valence-electron chi connectivity index (χ1n) is 57.7. The van der Waals surface area contributed by atoms with Crippen LogP contribution in [0.15, 0.2) is 328 Å². The summed E-state index contributed by atoms with van der Waals surface area (Å²) in [5, 5.41) is 7.41. The number of anilines is 6. The van der Waals surface area contributed by atoms with E-state index in [1.54, 1.807) is 0 Å². The zero-order valence-corrected chi connectivity index (χ0v) is 92.0. The van der Waals surface area contributed by atoms with E-state index in [2.05, 4.69) is 448 Å². The van der Waals surface area contributed by atoms with Gasteiger partial charge in [0.1, 0.15) is 0 Å². The zero-order valence-electron chi connectivity index (χ0n) is 92.0. The quantitative estimate of drug-likeness (QED) is 0.0293. The van der Waals surface area contributed by atoms with Crippen LogP contribution in [0.2, 0.25) is 0 Å². The second-order valence-electron chi connectivity index (χ2n) is 48.1. The van der Waals surface area contributed by atoms with E-state index in [4.69, 9.17) is 0 Å². The number of hydrogen-bond donors (Lipinski definition) is 0. The summed E-state index contributed by atoms with van der Waals surface area (Å²) >= 11 is 0. The Morgan fingerprint density at radius 1 is 0.173 bits per heavy atom. The summed E-state index contributed by atoms with van der Waals surface area (Å²) in [5.74, 6) is 0. The Hall–Kier alpha value is -13.7. The number of rotatable bonds is 34. The van der Waals surface area contributed by atoms with E-state index in [9.17, 15) is 0 Å². The highest BCUT2D eigenvalue weighted by atomic mass is 15.2. The molecule has 0 unspecified atom stereocenters. The van der Waals surface area contributed by atoms with Crippen LogP contribution in [0.3, 0.4) is 0 Å². The summed E-state index contributed by atoms with van der Waals surface area (Å²) in [6.07, 6.45) is 29.6. The van der Waals surface area contributed by atoms with E-state index in [0.717, 1.165) is 25.7 Å². The molecule has 18 aromatic rings. The van der Waals surface area contributed by atoms with Crippen molar-refractivity contribution in [3.05, 3.63) is 417 Å². The van der Waals surface area contributed by atoms with Crippen LogP contribution in [-0.4, -0.2) is 0 Å². The van der Waals surface area contributed by atoms with Gasteiger partial charge in [-0.1, -0.05) is 442 Å². The molecule has 0 amide bonds. The fraction of sp³-hybridized carbons (Fsp3) is 0.311. The molecule has 18 aromatic carbocycles. The van der Waals surface area contributed by atoms with Crippen LogP contribution < -0.4 is 9.80 Å². The van der Waals surface area contributed by atoms with Crippen LogP contribution in [-0.2, 0) is 32.5 Å². The van der Waals surface area contributed by atoms with Crippen LogP contribution >= 0.6 is 0 Å². The van der Waals surface area contributed by atoms with Crippen molar-refractivity contribution in [2.45, 2.75) is 297 Å². The van der Waals surface area contributed by atoms with Crippen LogP contribution in [0.4, 0.5) is 34.1 Å². The minimum atomic E-state index is -0.246. The summed E-state index contributed by atoms with van der Waals surface area (Å²) < 4.78 is 0. The molecule has 2 heteroatoms. The second kappa shape index (κ2) is 39.0. The first-order valence-corrected chi connectivity index (χ1v) is 57.7. The highest BCUT2D eigenvalue weighted by molar-refractivity contribution is 6.25. The van der Waals surface area contributed by atoms with Gasteiger partial charge in [-0.15, -0.1) is 0 Å². The first-order chi connectivity index (χ1) is 72.9. The second-order valence-corrected chi connectivity index (χ2v) is 48.1. The molecule has 752 valence electrons. The number of unbranched alkanes of at least 4 members (excludes halogenated alkanes) is 16. The van der Waals surface area contributed by atoms with Gasteiger partial charge in [-0.05, 0) is 372 Å². The lowest BCUT2D eigenvalue weighted by Gasteiger charge is -2.35. The molecule has 2 nitrogen and oxygen atoms in total. The highest BCUT2D eigenvalue weighted by Gasteiger charge is 2.48. The van der Waals surface area contributed by atoms with Crippen LogP contribution in [0.5, 0.6) is 0 Å². The first kappa shape index (κ1) is 98.4. The SMILES string of the molecule is CCCCCCCC1(CCCCCCC)c2ccccc2-c2ccc(N(c3c(C)cc(-c4ccc5c(c4)C(C)(C)c4cc(-c6ccc7c(c6)C(C)(C)c6ccccc6-7)ccc4-5)cc3C)c3cc4c5ccccc5c(N(c5ccc6c(c5)C(CCCCCCC)(CCCCCCC)c5ccccc5-6)c5c(C)cc(-c6ccc7c(c6)C(C)(C)c6cc(-c8ccc9c(c8)C(C)(C)c8ccccc8-9)ccc6-7)cc5C)cc4c4ccccc34)cc21. The van der Waals surface area contributed by atoms with Crippen molar-refractivity contribution >= 4 is 66.4 Å². The molecule has 150 heavy (non-hydrogen) atoms. The van der Waals surface area contributed by atoms with Crippen molar-refractivity contribution in [3.63, 3.8) is 0 Å². The smallest absolute Gasteiger partial charge is 0.0546 e. The topological polar surface area (TPSA) is 6.48 Å². The van der Waals surface area contributed by atoms with Gasteiger partial charge in [-0.3, -0.25) is 0 Å². The van der Waals surface area contributed by atoms with Crippen LogP contribution in [0.25, 0.3) is 144 Å². The predicted octanol–water partition coefficient (Wildman–Crippen LogP) is 43.2. The maximum Gasteiger partial charge on any atom is 0.0546 e. The molecular formula is C148H150N2. The van der Waals surface area contributed by atoms with Gasteiger partial charge >= 0.3 is 0 Å². The maximum absolute atomic E-state index is 2.76. The van der Waals surface area contributed by atoms with Gasteiger partial charge in [0.15, 0.2) is 0 Å². The van der Waals surface area contributed by atoms with Gasteiger partial charge in [0.2, 0.25) is 0 Å². The third kappa shape index (κ3) is 16.2. The Morgan fingerprint density at radius 3 is 0.680 bits per heavy atom. The fourth-order valence-electron chi connectivity index (χ4n) is 29.6. The Morgan fingerprint density at radius 2 is 0.393 bits per heavy atom. The highest BCUT2D eigenvalue weighted by Crippen LogP contribution is 2.63. The molecule has 0 aromatic heterocycles. The summed E-state index contributed by atoms with van der Waals surface area (Å²) in [7, 11) is 0. The Balaban J connectivity index is 0.667. The molecule has 0 heterocycles. The molecule has 0 saturated carbocycles. The summed E-state index contributed by atoms with van der Waals surface area (Å²) in [6, 6.07) is 131. The molecule has 0 aliphatic heterocycles. The Labute approximate surface area is 895 Å². The molecule has 6 aliphatic rings. The van der Waals surface area contributed by atoms with Crippen molar-refractivity contribution in [1.82, 2.24) is 0 Å². The third-order valence-corrected chi connectivity index (χ3v) is 37.4. The van der Waals surface area contributed by atoms with Gasteiger partial charge < -0.3 is 9.80 Å². The van der Waals surface area contributed by atoms with E-state index in [1.807, 2.05) is 0 Å². The van der Waals surface area contributed by atoms with Crippen molar-refractivity contribution in [2.24, 2.45) is 0 Å². The molecule has 0 spiro atoms. The summed E-state index contributed by atoms with van der Waals surface area (Å²) in [5.41, 5.74) is 55.1. The normalized spacial score (nSPS) is 15.0. The molecule has 24 rings (SSSR count). The molecule has 0 atom stereocenters. The molecular weight excluding hydrogens is 1810 g/mol. The van der Waals surface area contributed by atoms with Crippen molar-refractivity contribution < 1.29 is 0 Å². The average Bonchev–Trinajstić information content (AvgIpc) is 1.24. The third-order valence-electron chi connectivity index (χ3n) is 37.4. The number of aryl methyl sites for hydroxylation is 4. The summed E-state index contributed by atoms with van der Waals surface area (Å²) in [4.78, 5) is 5.51. The van der Waals surface area contributed by atoms with Crippen LogP contribution in [0, 0.1) is 27.7 Å². The fourth-order valence-corrected chi connectivity index (χ4v) is 29.6. The molecule has 0 saturated heterocycles. The van der Waals surface area contributed by atoms with Gasteiger partial charge in [0.25, 0.3) is 0 Å². The van der Waals surface area contributed by atoms with Crippen molar-refractivity contribution in [2.75, 3.05) is 9.80 Å². The number of nitrogens with zero attached hydrogens (tertiary/aromatic N) is 2. The molecule has 0 radical (unpaired) electrons. The lowest BCUT2D eigenvalue weighted by atomic mass is 9.70. The molecule has 0 bridgehead atoms. The van der Waals surface area contributed by atoms with E-state index >= 15 is 0 Å². The Kier molecular flexibility index (Phi) is 25.6. The number of fused-ring (bicyclic) bond motifs is 23. The minimum absolute atomic E-state index is 0.0789. The molecule has 6 aliphatic carbocycles. The van der Waals surface area contributed by atoms with Gasteiger partial charge in [0.05, 0.1) is 22.7 Å². The lowest BCUT2D eigenvalue weighted by molar-refractivity contribution is 0.399. The van der Waals surface area contributed by atoms with Gasteiger partial charge in [-0.2, -0.15) is 0 Å². The van der Waals surface area contributed by atoms with Crippen molar-refractivity contribution in [1.29, 1.82) is 0 Å². The van der Waals surface area contributed by atoms with E-state index < -0.39 is 0 Å². The van der Waals surface area contributed by atoms with E-state index in [1.165, 1.54) is 395 Å². The zero-order chi connectivity index (χ0) is 103. The average molecular weight is 1960 g/mol. The maximum atomic E-state index is 2.76. The van der Waals surface area contributed by atoms with Gasteiger partial charge in [0, 0.05) is 54.6 Å². The monoisotopic (exact) mass is 1960 g/mol. The van der Waals surface area contributed by atoms with Gasteiger partial charge in [-0.25, -0.2) is 0 Å². The molecule has 0 N–H and O–H groups in total. The van der Waals surface area contributed by atoms with E-state index in [-0.39, 0.29) is 32.5 Å². The van der Waals surface area contributed by atoms with Crippen molar-refractivity contribution in [3.8, 4) is 111 Å². The summed E-state index contributed by atoms with van der Waals surface area (Å²) in [6.45, 7) is 38.6. The lowest BCUT2D eigenvalue weighted by Crippen LogP contribution is -2.26. The number of benzene rings is 18. The predicted molar refractivity (Wildman–Crippen MR) is 645 cm³/mol. The number of hydrogen-bond acceptors (Lipinski definition) is 2. The minimum Gasteiger partial charge on any atom is -0.309 e. The van der Waals surface area contributed by atoms with E-state index in [0.29, 0.717) is 0 Å². The largest absolute Gasteiger partial charge is 0.309 e.